The normalized spacial score (nSPS) is 16.4. The molecule has 2 aromatic carbocycles. The van der Waals surface area contributed by atoms with E-state index in [4.69, 9.17) is 9.47 Å². The minimum atomic E-state index is -0.293. The van der Waals surface area contributed by atoms with Gasteiger partial charge in [-0.3, -0.25) is 14.5 Å². The van der Waals surface area contributed by atoms with E-state index in [0.717, 1.165) is 33.8 Å². The van der Waals surface area contributed by atoms with Crippen molar-refractivity contribution in [1.82, 2.24) is 4.90 Å². The maximum absolute atomic E-state index is 12.8. The third-order valence-corrected chi connectivity index (χ3v) is 5.89. The average molecular weight is 476 g/mol. The lowest BCUT2D eigenvalue weighted by atomic mass is 10.1. The summed E-state index contributed by atoms with van der Waals surface area (Å²) in [6.07, 6.45) is 2.67. The van der Waals surface area contributed by atoms with E-state index in [1.807, 2.05) is 43.3 Å². The van der Waals surface area contributed by atoms with E-state index in [9.17, 15) is 9.59 Å². The van der Waals surface area contributed by atoms with Crippen LogP contribution >= 0.6 is 27.7 Å². The highest BCUT2D eigenvalue weighted by Crippen LogP contribution is 2.35. The van der Waals surface area contributed by atoms with Crippen LogP contribution in [0.4, 0.5) is 4.79 Å². The summed E-state index contributed by atoms with van der Waals surface area (Å²) < 4.78 is 12.2. The van der Waals surface area contributed by atoms with Crippen molar-refractivity contribution >= 4 is 44.9 Å². The molecule has 1 atom stereocenters. The lowest BCUT2D eigenvalue weighted by Crippen LogP contribution is -2.27. The van der Waals surface area contributed by atoms with Gasteiger partial charge in [0.25, 0.3) is 11.1 Å². The first-order valence-corrected chi connectivity index (χ1v) is 10.9. The molecule has 0 bridgehead atoms. The van der Waals surface area contributed by atoms with E-state index < -0.39 is 0 Å². The molecule has 0 spiro atoms. The summed E-state index contributed by atoms with van der Waals surface area (Å²) >= 11 is 4.36. The van der Waals surface area contributed by atoms with Crippen LogP contribution in [0.25, 0.3) is 6.08 Å². The van der Waals surface area contributed by atoms with Gasteiger partial charge in [0.1, 0.15) is 0 Å². The Morgan fingerprint density at radius 2 is 1.97 bits per heavy atom. The minimum absolute atomic E-state index is 0.0734. The first-order chi connectivity index (χ1) is 13.9. The summed E-state index contributed by atoms with van der Waals surface area (Å²) in [5.74, 6) is 0.952. The summed E-state index contributed by atoms with van der Waals surface area (Å²) in [5.41, 5.74) is 1.66. The predicted octanol–water partition coefficient (Wildman–Crippen LogP) is 5.87. The highest BCUT2D eigenvalue weighted by Gasteiger charge is 2.35. The number of methoxy groups -OCH3 is 1. The zero-order chi connectivity index (χ0) is 21.0. The van der Waals surface area contributed by atoms with E-state index >= 15 is 0 Å². The highest BCUT2D eigenvalue weighted by molar-refractivity contribution is 9.10. The number of halogens is 1. The lowest BCUT2D eigenvalue weighted by Gasteiger charge is -2.15. The minimum Gasteiger partial charge on any atom is -0.493 e. The van der Waals surface area contributed by atoms with Gasteiger partial charge < -0.3 is 9.47 Å². The monoisotopic (exact) mass is 475 g/mol. The van der Waals surface area contributed by atoms with Gasteiger partial charge in [-0.05, 0) is 66.6 Å². The molecular formula is C22H22BrNO4S. The molecule has 0 unspecified atom stereocenters. The van der Waals surface area contributed by atoms with Gasteiger partial charge in [-0.2, -0.15) is 0 Å². The molecule has 1 aliphatic heterocycles. The standard InChI is InChI=1S/C22H22BrNO4S/c1-4-14(2)28-18-9-8-15(11-19(18)27-3)12-20-21(25)24(22(26)29-20)13-16-6-5-7-17(23)10-16/h5-12,14H,4,13H2,1-3H3/b20-12-/t14-/m1/s1. The molecular weight excluding hydrogens is 454 g/mol. The molecule has 1 fully saturated rings. The van der Waals surface area contributed by atoms with Crippen molar-refractivity contribution in [2.45, 2.75) is 32.9 Å². The summed E-state index contributed by atoms with van der Waals surface area (Å²) in [4.78, 5) is 26.8. The number of nitrogens with zero attached hydrogens (tertiary/aromatic N) is 1. The van der Waals surface area contributed by atoms with Gasteiger partial charge in [0.2, 0.25) is 0 Å². The number of amides is 2. The average Bonchev–Trinajstić information content (AvgIpc) is 2.96. The zero-order valence-electron chi connectivity index (χ0n) is 16.5. The fourth-order valence-electron chi connectivity index (χ4n) is 2.78. The van der Waals surface area contributed by atoms with E-state index in [-0.39, 0.29) is 23.8 Å². The summed E-state index contributed by atoms with van der Waals surface area (Å²) in [7, 11) is 1.58. The Morgan fingerprint density at radius 1 is 1.17 bits per heavy atom. The maximum atomic E-state index is 12.8. The smallest absolute Gasteiger partial charge is 0.293 e. The van der Waals surface area contributed by atoms with Crippen molar-refractivity contribution in [1.29, 1.82) is 0 Å². The Bertz CT molecular complexity index is 960. The summed E-state index contributed by atoms with van der Waals surface area (Å²) in [6.45, 7) is 4.29. The topological polar surface area (TPSA) is 55.8 Å². The van der Waals surface area contributed by atoms with Crippen LogP contribution in [0.5, 0.6) is 11.5 Å². The largest absolute Gasteiger partial charge is 0.493 e. The van der Waals surface area contributed by atoms with E-state index in [1.54, 1.807) is 19.3 Å². The van der Waals surface area contributed by atoms with Crippen molar-refractivity contribution in [2.75, 3.05) is 7.11 Å². The molecule has 1 saturated heterocycles. The Labute approximate surface area is 183 Å². The Hall–Kier alpha value is -2.25. The Balaban J connectivity index is 1.80. The summed E-state index contributed by atoms with van der Waals surface area (Å²) in [5, 5.41) is -0.273. The van der Waals surface area contributed by atoms with Crippen molar-refractivity contribution in [3.05, 3.63) is 63.0 Å². The van der Waals surface area contributed by atoms with Crippen molar-refractivity contribution in [3.8, 4) is 11.5 Å². The molecule has 1 heterocycles. The molecule has 152 valence electrons. The van der Waals surface area contributed by atoms with E-state index in [2.05, 4.69) is 22.9 Å². The third-order valence-electron chi connectivity index (χ3n) is 4.49. The number of hydrogen-bond acceptors (Lipinski definition) is 5. The highest BCUT2D eigenvalue weighted by atomic mass is 79.9. The SMILES string of the molecule is CC[C@@H](C)Oc1ccc(/C=C2\SC(=O)N(Cc3cccc(Br)c3)C2=O)cc1OC. The zero-order valence-corrected chi connectivity index (χ0v) is 18.9. The van der Waals surface area contributed by atoms with Crippen LogP contribution in [-0.2, 0) is 11.3 Å². The van der Waals surface area contributed by atoms with Gasteiger partial charge in [0.15, 0.2) is 11.5 Å². The maximum Gasteiger partial charge on any atom is 0.293 e. The number of benzene rings is 2. The lowest BCUT2D eigenvalue weighted by molar-refractivity contribution is -0.123. The fraction of sp³-hybridized carbons (Fsp3) is 0.273. The molecule has 0 saturated carbocycles. The predicted molar refractivity (Wildman–Crippen MR) is 119 cm³/mol. The first kappa shape index (κ1) is 21.5. The third kappa shape index (κ3) is 5.22. The number of ether oxygens (including phenoxy) is 2. The molecule has 0 aromatic heterocycles. The van der Waals surface area contributed by atoms with Crippen LogP contribution in [-0.4, -0.2) is 29.3 Å². The quantitative estimate of drug-likeness (QED) is 0.468. The number of rotatable bonds is 7. The van der Waals surface area contributed by atoms with Crippen LogP contribution in [0.1, 0.15) is 31.4 Å². The molecule has 0 N–H and O–H groups in total. The second kappa shape index (κ2) is 9.50. The molecule has 0 aliphatic carbocycles. The first-order valence-electron chi connectivity index (χ1n) is 9.25. The van der Waals surface area contributed by atoms with Gasteiger partial charge >= 0.3 is 0 Å². The van der Waals surface area contributed by atoms with Gasteiger partial charge in [-0.25, -0.2) is 0 Å². The number of imide groups is 1. The molecule has 1 aliphatic rings. The van der Waals surface area contributed by atoms with E-state index in [1.165, 1.54) is 4.90 Å². The molecule has 7 heteroatoms. The molecule has 2 amide bonds. The van der Waals surface area contributed by atoms with Crippen LogP contribution in [0.15, 0.2) is 51.8 Å². The van der Waals surface area contributed by atoms with Gasteiger partial charge in [-0.15, -0.1) is 0 Å². The molecule has 0 radical (unpaired) electrons. The van der Waals surface area contributed by atoms with Crippen LogP contribution < -0.4 is 9.47 Å². The van der Waals surface area contributed by atoms with Gasteiger partial charge in [0.05, 0.1) is 24.7 Å². The van der Waals surface area contributed by atoms with Crippen LogP contribution in [0.3, 0.4) is 0 Å². The number of thioether (sulfide) groups is 1. The second-order valence-corrected chi connectivity index (χ2v) is 8.55. The number of hydrogen-bond donors (Lipinski definition) is 0. The number of carbonyl (C=O) groups is 2. The molecule has 3 rings (SSSR count). The molecule has 5 nitrogen and oxygen atoms in total. The summed E-state index contributed by atoms with van der Waals surface area (Å²) in [6, 6.07) is 13.0. The van der Waals surface area contributed by atoms with Crippen molar-refractivity contribution < 1.29 is 19.1 Å². The van der Waals surface area contributed by atoms with E-state index in [0.29, 0.717) is 16.4 Å². The fourth-order valence-corrected chi connectivity index (χ4v) is 4.06. The molecule has 2 aromatic rings. The Morgan fingerprint density at radius 3 is 2.66 bits per heavy atom. The number of carbonyl (C=O) groups excluding carboxylic acids is 2. The van der Waals surface area contributed by atoms with Crippen LogP contribution in [0, 0.1) is 0 Å². The van der Waals surface area contributed by atoms with Crippen LogP contribution in [0.2, 0.25) is 0 Å². The van der Waals surface area contributed by atoms with Crippen molar-refractivity contribution in [3.63, 3.8) is 0 Å². The molecule has 29 heavy (non-hydrogen) atoms. The van der Waals surface area contributed by atoms with Gasteiger partial charge in [0, 0.05) is 4.47 Å². The van der Waals surface area contributed by atoms with Gasteiger partial charge in [-0.1, -0.05) is 41.1 Å². The Kier molecular flexibility index (Phi) is 7.03. The van der Waals surface area contributed by atoms with Crippen molar-refractivity contribution in [2.24, 2.45) is 0 Å². The second-order valence-electron chi connectivity index (χ2n) is 6.64.